The molecule has 12 heteroatoms. The summed E-state index contributed by atoms with van der Waals surface area (Å²) < 4.78 is 5.68. The Kier molecular flexibility index (Phi) is 9.24. The van der Waals surface area contributed by atoms with Crippen molar-refractivity contribution in [2.75, 3.05) is 25.1 Å². The number of aromatic nitrogens is 1. The van der Waals surface area contributed by atoms with Gasteiger partial charge in [0.05, 0.1) is 10.9 Å². The zero-order valence-corrected chi connectivity index (χ0v) is 24.0. The number of pyridine rings is 1. The van der Waals surface area contributed by atoms with Crippen molar-refractivity contribution in [1.82, 2.24) is 26.2 Å². The van der Waals surface area contributed by atoms with Crippen molar-refractivity contribution in [2.24, 2.45) is 11.1 Å². The summed E-state index contributed by atoms with van der Waals surface area (Å²) in [5.41, 5.74) is 12.0. The van der Waals surface area contributed by atoms with E-state index in [-0.39, 0.29) is 12.3 Å². The van der Waals surface area contributed by atoms with Crippen molar-refractivity contribution in [3.63, 3.8) is 0 Å². The lowest BCUT2D eigenvalue weighted by atomic mass is 9.92. The minimum Gasteiger partial charge on any atom is -0.452 e. The average Bonchev–Trinajstić information content (AvgIpc) is 2.96. The normalized spacial score (nSPS) is 25.0. The summed E-state index contributed by atoms with van der Waals surface area (Å²) in [7, 11) is 1.70. The Bertz CT molecular complexity index is 1340. The molecule has 0 radical (unpaired) electrons. The van der Waals surface area contributed by atoms with E-state index >= 15 is 0 Å². The number of hydrogen-bond donors (Lipinski definition) is 4. The van der Waals surface area contributed by atoms with E-state index in [1.54, 1.807) is 45.0 Å². The molecule has 1 fully saturated rings. The van der Waals surface area contributed by atoms with Gasteiger partial charge >= 0.3 is 5.97 Å². The summed E-state index contributed by atoms with van der Waals surface area (Å²) in [5, 5.41) is 6.48. The molecule has 0 aliphatic carbocycles. The van der Waals surface area contributed by atoms with E-state index < -0.39 is 41.4 Å². The van der Waals surface area contributed by atoms with E-state index in [9.17, 15) is 19.2 Å². The molecule has 5 bridgehead atoms. The first-order valence-electron chi connectivity index (χ1n) is 13.9. The molecule has 0 saturated carbocycles. The summed E-state index contributed by atoms with van der Waals surface area (Å²) in [4.78, 5) is 57.4. The van der Waals surface area contributed by atoms with Crippen LogP contribution in [-0.2, 0) is 23.9 Å². The predicted molar refractivity (Wildman–Crippen MR) is 155 cm³/mol. The van der Waals surface area contributed by atoms with Gasteiger partial charge in [-0.25, -0.2) is 10.4 Å². The van der Waals surface area contributed by atoms with Crippen molar-refractivity contribution in [3.05, 3.63) is 42.0 Å². The number of hydrazine groups is 2. The molecule has 1 aromatic heterocycles. The quantitative estimate of drug-likeness (QED) is 0.404. The molecule has 3 amide bonds. The Morgan fingerprint density at radius 1 is 1.12 bits per heavy atom. The van der Waals surface area contributed by atoms with Crippen LogP contribution >= 0.6 is 0 Å². The predicted octanol–water partition coefficient (Wildman–Crippen LogP) is 1.41. The molecular formula is C29H39N7O5. The van der Waals surface area contributed by atoms with E-state index in [2.05, 4.69) is 16.2 Å². The van der Waals surface area contributed by atoms with E-state index in [0.29, 0.717) is 43.7 Å². The highest BCUT2D eigenvalue weighted by atomic mass is 16.5. The number of hydrogen-bond acceptors (Lipinski definition) is 9. The van der Waals surface area contributed by atoms with E-state index in [1.807, 2.05) is 30.3 Å². The number of carbonyl (C=O) groups is 4. The standard InChI is InChI=1S/C29H39N7O5/c1-18-27(39)36-16-6-7-21(33-36)25(37)34-35(4)24-12-11-20-10-9-19(17-22(20)32-24)13-14-29(2,3)28(40)41-23(8-5-15-30)26(38)31-18/h9-14,17-18,21,23,33H,5-8,15-16,30H2,1-4H3,(H,31,38)(H,34,37)/b14-13+/t18-,21-,23-/m0/s1. The number of fused-ring (bicyclic) bond motifs is 4. The number of rotatable bonds is 3. The Morgan fingerprint density at radius 3 is 2.63 bits per heavy atom. The number of nitrogens with zero attached hydrogens (tertiary/aromatic N) is 3. The molecule has 1 saturated heterocycles. The van der Waals surface area contributed by atoms with Crippen LogP contribution in [0.4, 0.5) is 5.82 Å². The minimum atomic E-state index is -1.12. The molecule has 2 aliphatic rings. The van der Waals surface area contributed by atoms with Gasteiger partial charge in [-0.3, -0.25) is 34.6 Å². The van der Waals surface area contributed by atoms with Gasteiger partial charge in [0.2, 0.25) is 0 Å². The number of nitrogens with two attached hydrogens (primary N) is 1. The molecule has 4 rings (SSSR count). The zero-order valence-electron chi connectivity index (χ0n) is 24.0. The van der Waals surface area contributed by atoms with Crippen molar-refractivity contribution < 1.29 is 23.9 Å². The molecule has 3 atom stereocenters. The van der Waals surface area contributed by atoms with Gasteiger partial charge in [0.1, 0.15) is 17.9 Å². The van der Waals surface area contributed by atoms with Crippen molar-refractivity contribution >= 4 is 46.5 Å². The molecule has 5 N–H and O–H groups in total. The van der Waals surface area contributed by atoms with Crippen molar-refractivity contribution in [2.45, 2.75) is 64.6 Å². The number of amides is 3. The second-order valence-corrected chi connectivity index (χ2v) is 11.1. The number of anilines is 1. The third-order valence-electron chi connectivity index (χ3n) is 7.25. The van der Waals surface area contributed by atoms with Crippen LogP contribution in [0.2, 0.25) is 0 Å². The zero-order chi connectivity index (χ0) is 29.7. The lowest BCUT2D eigenvalue weighted by Crippen LogP contribution is -2.62. The number of cyclic esters (lactones) is 1. The second kappa shape index (κ2) is 12.6. The number of nitrogens with one attached hydrogen (secondary N) is 3. The Labute approximate surface area is 239 Å². The fourth-order valence-electron chi connectivity index (χ4n) is 4.65. The number of benzene rings is 1. The van der Waals surface area contributed by atoms with Crippen LogP contribution in [-0.4, -0.2) is 72.0 Å². The molecule has 41 heavy (non-hydrogen) atoms. The van der Waals surface area contributed by atoms with E-state index in [4.69, 9.17) is 15.5 Å². The van der Waals surface area contributed by atoms with Crippen LogP contribution in [0.25, 0.3) is 17.0 Å². The van der Waals surface area contributed by atoms with Crippen molar-refractivity contribution in [3.8, 4) is 0 Å². The first-order valence-corrected chi connectivity index (χ1v) is 13.9. The minimum absolute atomic E-state index is 0.213. The lowest BCUT2D eigenvalue weighted by molar-refractivity contribution is -0.163. The van der Waals surface area contributed by atoms with Gasteiger partial charge in [-0.15, -0.1) is 0 Å². The SMILES string of the molecule is C[C@@H]1NC(=O)[C@H](CCCN)OC(=O)C(C)(C)/C=C/c2ccc3ccc(nc3c2)N(C)NC(=O)[C@@H]2CCCN(N2)C1=O. The number of ether oxygens (including phenoxy) is 1. The molecule has 2 aliphatic heterocycles. The lowest BCUT2D eigenvalue weighted by Gasteiger charge is -2.35. The maximum Gasteiger partial charge on any atom is 0.316 e. The Balaban J connectivity index is 1.69. The average molecular weight is 566 g/mol. The van der Waals surface area contributed by atoms with Gasteiger partial charge in [-0.1, -0.05) is 24.3 Å². The third-order valence-corrected chi connectivity index (χ3v) is 7.25. The van der Waals surface area contributed by atoms with Gasteiger partial charge in [-0.2, -0.15) is 0 Å². The van der Waals surface area contributed by atoms with Crippen molar-refractivity contribution in [1.29, 1.82) is 0 Å². The highest BCUT2D eigenvalue weighted by Crippen LogP contribution is 2.25. The summed E-state index contributed by atoms with van der Waals surface area (Å²) in [6.07, 6.45) is 4.20. The van der Waals surface area contributed by atoms with Gasteiger partial charge in [0.15, 0.2) is 6.10 Å². The first kappa shape index (κ1) is 29.9. The fraction of sp³-hybridized carbons (Fsp3) is 0.483. The van der Waals surface area contributed by atoms with E-state index in [0.717, 1.165) is 10.9 Å². The first-order chi connectivity index (χ1) is 19.5. The highest BCUT2D eigenvalue weighted by Gasteiger charge is 2.35. The van der Waals surface area contributed by atoms with Crippen LogP contribution in [0.1, 0.15) is 52.0 Å². The Morgan fingerprint density at radius 2 is 1.88 bits per heavy atom. The monoisotopic (exact) mass is 565 g/mol. The largest absolute Gasteiger partial charge is 0.452 e. The maximum atomic E-state index is 13.2. The fourth-order valence-corrected chi connectivity index (χ4v) is 4.65. The molecule has 0 unspecified atom stereocenters. The molecular weight excluding hydrogens is 526 g/mol. The highest BCUT2D eigenvalue weighted by molar-refractivity contribution is 5.91. The summed E-state index contributed by atoms with van der Waals surface area (Å²) in [6, 6.07) is 7.86. The van der Waals surface area contributed by atoms with Crippen LogP contribution in [0.5, 0.6) is 0 Å². The maximum absolute atomic E-state index is 13.2. The van der Waals surface area contributed by atoms with Gasteiger partial charge in [0.25, 0.3) is 17.7 Å². The van der Waals surface area contributed by atoms with Gasteiger partial charge < -0.3 is 15.8 Å². The van der Waals surface area contributed by atoms with Gasteiger partial charge in [-0.05, 0) is 76.8 Å². The van der Waals surface area contributed by atoms with Crippen LogP contribution in [0.15, 0.2) is 36.4 Å². The second-order valence-electron chi connectivity index (χ2n) is 11.1. The van der Waals surface area contributed by atoms with Crippen LogP contribution in [0, 0.1) is 5.41 Å². The topological polar surface area (TPSA) is 159 Å². The molecule has 220 valence electrons. The number of carbonyl (C=O) groups excluding carboxylic acids is 4. The molecule has 3 heterocycles. The molecule has 2 aromatic rings. The van der Waals surface area contributed by atoms with Crippen LogP contribution in [0.3, 0.4) is 0 Å². The summed E-state index contributed by atoms with van der Waals surface area (Å²) >= 11 is 0. The van der Waals surface area contributed by atoms with Gasteiger partial charge in [0, 0.05) is 19.0 Å². The van der Waals surface area contributed by atoms with Crippen LogP contribution < -0.4 is 26.9 Å². The Hall–Kier alpha value is -4.03. The molecule has 12 nitrogen and oxygen atoms in total. The summed E-state index contributed by atoms with van der Waals surface area (Å²) in [5.74, 6) is -1.35. The van der Waals surface area contributed by atoms with E-state index in [1.165, 1.54) is 5.01 Å². The smallest absolute Gasteiger partial charge is 0.316 e. The molecule has 1 aromatic carbocycles. The molecule has 0 spiro atoms. The summed E-state index contributed by atoms with van der Waals surface area (Å²) in [6.45, 7) is 5.66. The number of esters is 1. The third kappa shape index (κ3) is 7.19.